The number of rotatable bonds is 1. The average Bonchev–Trinajstić information content (AvgIpc) is 2.85. The van der Waals surface area contributed by atoms with Crippen LogP contribution in [0.15, 0.2) is 30.6 Å². The first-order chi connectivity index (χ1) is 8.79. The van der Waals surface area contributed by atoms with Crippen LogP contribution in [0, 0.1) is 18.3 Å². The van der Waals surface area contributed by atoms with Gasteiger partial charge in [0.15, 0.2) is 0 Å². The van der Waals surface area contributed by atoms with Crippen molar-refractivity contribution in [1.29, 1.82) is 5.26 Å². The lowest BCUT2D eigenvalue weighted by Gasteiger charge is -2.31. The van der Waals surface area contributed by atoms with E-state index >= 15 is 0 Å². The van der Waals surface area contributed by atoms with Gasteiger partial charge in [0.05, 0.1) is 17.8 Å². The standard InChI is InChI=1S/C14H14N4/c1-11-3-2-4-12(9-15)14(11)18-8-7-17-6-5-16-13(17)10-18/h2-6H,7-8,10H2,1H3. The number of aryl methyl sites for hydroxylation is 1. The second kappa shape index (κ2) is 4.19. The van der Waals surface area contributed by atoms with Crippen LogP contribution in [-0.2, 0) is 13.1 Å². The summed E-state index contributed by atoms with van der Waals surface area (Å²) in [5.74, 6) is 1.06. The van der Waals surface area contributed by atoms with Gasteiger partial charge in [0.2, 0.25) is 0 Å². The molecule has 0 fully saturated rings. The number of nitriles is 1. The lowest BCUT2D eigenvalue weighted by molar-refractivity contribution is 0.559. The molecule has 0 amide bonds. The van der Waals surface area contributed by atoms with Gasteiger partial charge in [-0.05, 0) is 18.6 Å². The molecule has 0 unspecified atom stereocenters. The van der Waals surface area contributed by atoms with Crippen LogP contribution in [0.4, 0.5) is 5.69 Å². The average molecular weight is 238 g/mol. The number of hydrogen-bond donors (Lipinski definition) is 0. The normalized spacial score (nSPS) is 14.1. The highest BCUT2D eigenvalue weighted by Gasteiger charge is 2.20. The molecule has 0 aliphatic carbocycles. The summed E-state index contributed by atoms with van der Waals surface area (Å²) >= 11 is 0. The Morgan fingerprint density at radius 3 is 3.06 bits per heavy atom. The van der Waals surface area contributed by atoms with Crippen LogP contribution in [0.3, 0.4) is 0 Å². The minimum atomic E-state index is 0.745. The van der Waals surface area contributed by atoms with Crippen LogP contribution < -0.4 is 4.90 Å². The maximum absolute atomic E-state index is 9.23. The lowest BCUT2D eigenvalue weighted by Crippen LogP contribution is -2.34. The molecule has 4 nitrogen and oxygen atoms in total. The molecule has 2 aromatic rings. The van der Waals surface area contributed by atoms with Crippen molar-refractivity contribution >= 4 is 5.69 Å². The number of nitrogens with zero attached hydrogens (tertiary/aromatic N) is 4. The summed E-state index contributed by atoms with van der Waals surface area (Å²) in [7, 11) is 0. The maximum Gasteiger partial charge on any atom is 0.128 e. The molecule has 1 aromatic heterocycles. The monoisotopic (exact) mass is 238 g/mol. The Morgan fingerprint density at radius 2 is 2.22 bits per heavy atom. The van der Waals surface area contributed by atoms with E-state index in [1.54, 1.807) is 0 Å². The molecule has 0 bridgehead atoms. The quantitative estimate of drug-likeness (QED) is 0.764. The van der Waals surface area contributed by atoms with Crippen LogP contribution in [-0.4, -0.2) is 16.1 Å². The molecule has 4 heteroatoms. The summed E-state index contributed by atoms with van der Waals surface area (Å²) in [5, 5.41) is 9.23. The summed E-state index contributed by atoms with van der Waals surface area (Å²) in [6.45, 7) is 4.67. The van der Waals surface area contributed by atoms with E-state index in [0.717, 1.165) is 42.3 Å². The molecule has 0 saturated carbocycles. The molecule has 2 heterocycles. The molecule has 0 saturated heterocycles. The highest BCUT2D eigenvalue weighted by atomic mass is 15.2. The Balaban J connectivity index is 2.01. The molecule has 1 aliphatic heterocycles. The first-order valence-electron chi connectivity index (χ1n) is 6.04. The van der Waals surface area contributed by atoms with Crippen molar-refractivity contribution in [3.63, 3.8) is 0 Å². The molecule has 1 aliphatic rings. The Bertz CT molecular complexity index is 621. The van der Waals surface area contributed by atoms with Gasteiger partial charge in [0.1, 0.15) is 11.9 Å². The molecule has 0 radical (unpaired) electrons. The van der Waals surface area contributed by atoms with Crippen LogP contribution >= 0.6 is 0 Å². The second-order valence-corrected chi connectivity index (χ2v) is 4.54. The summed E-state index contributed by atoms with van der Waals surface area (Å²) in [4.78, 5) is 6.60. The second-order valence-electron chi connectivity index (χ2n) is 4.54. The summed E-state index contributed by atoms with van der Waals surface area (Å²) in [6, 6.07) is 8.15. The van der Waals surface area contributed by atoms with E-state index in [1.165, 1.54) is 0 Å². The summed E-state index contributed by atoms with van der Waals surface area (Å²) in [5.41, 5.74) is 2.94. The van der Waals surface area contributed by atoms with E-state index in [4.69, 9.17) is 0 Å². The minimum absolute atomic E-state index is 0.745. The molecule has 18 heavy (non-hydrogen) atoms. The highest BCUT2D eigenvalue weighted by molar-refractivity contribution is 5.64. The van der Waals surface area contributed by atoms with E-state index in [9.17, 15) is 5.26 Å². The zero-order valence-electron chi connectivity index (χ0n) is 10.3. The third-order valence-corrected chi connectivity index (χ3v) is 3.42. The number of benzene rings is 1. The number of aromatic nitrogens is 2. The van der Waals surface area contributed by atoms with E-state index < -0.39 is 0 Å². The zero-order valence-corrected chi connectivity index (χ0v) is 10.3. The van der Waals surface area contributed by atoms with Gasteiger partial charge in [0, 0.05) is 25.5 Å². The van der Waals surface area contributed by atoms with Gasteiger partial charge in [-0.2, -0.15) is 5.26 Å². The maximum atomic E-state index is 9.23. The van der Waals surface area contributed by atoms with Crippen LogP contribution in [0.5, 0.6) is 0 Å². The Labute approximate surface area is 106 Å². The third-order valence-electron chi connectivity index (χ3n) is 3.42. The van der Waals surface area contributed by atoms with E-state index in [-0.39, 0.29) is 0 Å². The number of anilines is 1. The van der Waals surface area contributed by atoms with Crippen molar-refractivity contribution in [2.24, 2.45) is 0 Å². The molecular weight excluding hydrogens is 224 g/mol. The van der Waals surface area contributed by atoms with Crippen molar-refractivity contribution in [3.05, 3.63) is 47.5 Å². The fraction of sp³-hybridized carbons (Fsp3) is 0.286. The Morgan fingerprint density at radius 1 is 1.33 bits per heavy atom. The highest BCUT2D eigenvalue weighted by Crippen LogP contribution is 2.27. The van der Waals surface area contributed by atoms with Gasteiger partial charge < -0.3 is 9.47 Å². The first-order valence-corrected chi connectivity index (χ1v) is 6.04. The molecule has 0 N–H and O–H groups in total. The molecule has 90 valence electrons. The van der Waals surface area contributed by atoms with Crippen molar-refractivity contribution in [1.82, 2.24) is 9.55 Å². The summed E-state index contributed by atoms with van der Waals surface area (Å²) in [6.07, 6.45) is 3.84. The Hall–Kier alpha value is -2.28. The fourth-order valence-electron chi connectivity index (χ4n) is 2.53. The number of imidazole rings is 1. The molecule has 1 aromatic carbocycles. The number of hydrogen-bond acceptors (Lipinski definition) is 3. The van der Waals surface area contributed by atoms with Gasteiger partial charge in [-0.15, -0.1) is 0 Å². The predicted molar refractivity (Wildman–Crippen MR) is 69.2 cm³/mol. The van der Waals surface area contributed by atoms with E-state index in [0.29, 0.717) is 0 Å². The van der Waals surface area contributed by atoms with Crippen molar-refractivity contribution in [2.75, 3.05) is 11.4 Å². The van der Waals surface area contributed by atoms with Gasteiger partial charge in [0.25, 0.3) is 0 Å². The largest absolute Gasteiger partial charge is 0.361 e. The van der Waals surface area contributed by atoms with Crippen molar-refractivity contribution in [3.8, 4) is 6.07 Å². The molecule has 0 spiro atoms. The summed E-state index contributed by atoms with van der Waals surface area (Å²) < 4.78 is 2.17. The minimum Gasteiger partial charge on any atom is -0.361 e. The number of fused-ring (bicyclic) bond motifs is 1. The molecule has 0 atom stereocenters. The SMILES string of the molecule is Cc1cccc(C#N)c1N1CCn2ccnc2C1. The van der Waals surface area contributed by atoms with Crippen molar-refractivity contribution in [2.45, 2.75) is 20.0 Å². The molecular formula is C14H14N4. The van der Waals surface area contributed by atoms with Crippen LogP contribution in [0.2, 0.25) is 0 Å². The third kappa shape index (κ3) is 1.65. The van der Waals surface area contributed by atoms with Gasteiger partial charge in [-0.1, -0.05) is 12.1 Å². The Kier molecular flexibility index (Phi) is 2.52. The topological polar surface area (TPSA) is 44.9 Å². The van der Waals surface area contributed by atoms with Gasteiger partial charge in [-0.25, -0.2) is 4.98 Å². The number of para-hydroxylation sites is 1. The lowest BCUT2D eigenvalue weighted by atomic mass is 10.1. The van der Waals surface area contributed by atoms with Crippen LogP contribution in [0.1, 0.15) is 17.0 Å². The van der Waals surface area contributed by atoms with Crippen LogP contribution in [0.25, 0.3) is 0 Å². The van der Waals surface area contributed by atoms with Crippen molar-refractivity contribution < 1.29 is 0 Å². The molecule has 3 rings (SSSR count). The van der Waals surface area contributed by atoms with E-state index in [2.05, 4.69) is 33.5 Å². The predicted octanol–water partition coefficient (Wildman–Crippen LogP) is 2.08. The van der Waals surface area contributed by atoms with Gasteiger partial charge in [-0.3, -0.25) is 0 Å². The smallest absolute Gasteiger partial charge is 0.128 e. The van der Waals surface area contributed by atoms with Gasteiger partial charge >= 0.3 is 0 Å². The zero-order chi connectivity index (χ0) is 12.5. The first kappa shape index (κ1) is 10.8. The fourth-order valence-corrected chi connectivity index (χ4v) is 2.53. The van der Waals surface area contributed by atoms with E-state index in [1.807, 2.05) is 24.5 Å².